The molecule has 2 atom stereocenters. The van der Waals surface area contributed by atoms with Crippen molar-refractivity contribution in [3.8, 4) is 0 Å². The van der Waals surface area contributed by atoms with Crippen LogP contribution in [0.1, 0.15) is 32.6 Å². The number of primary amides is 1. The first-order valence-corrected chi connectivity index (χ1v) is 7.87. The Labute approximate surface area is 142 Å². The highest BCUT2D eigenvalue weighted by molar-refractivity contribution is 5.89. The summed E-state index contributed by atoms with van der Waals surface area (Å²) in [7, 11) is 0. The second-order valence-electron chi connectivity index (χ2n) is 6.02. The van der Waals surface area contributed by atoms with Crippen LogP contribution in [0.15, 0.2) is 12.3 Å². The molecule has 2 heterocycles. The molecule has 23 heavy (non-hydrogen) atoms. The number of anilines is 1. The van der Waals surface area contributed by atoms with Gasteiger partial charge in [-0.15, -0.1) is 12.4 Å². The third-order valence-electron chi connectivity index (χ3n) is 4.14. The molecule has 1 saturated heterocycles. The van der Waals surface area contributed by atoms with E-state index in [4.69, 9.17) is 5.73 Å². The molecule has 2 unspecified atom stereocenters. The van der Waals surface area contributed by atoms with Crippen molar-refractivity contribution in [2.45, 2.75) is 39.2 Å². The number of halogens is 1. The second kappa shape index (κ2) is 9.52. The summed E-state index contributed by atoms with van der Waals surface area (Å²) >= 11 is 0. The van der Waals surface area contributed by atoms with E-state index in [1.165, 1.54) is 12.8 Å². The molecule has 0 aliphatic carbocycles. The number of carbonyl (C=O) groups excluding carboxylic acids is 2. The van der Waals surface area contributed by atoms with Crippen molar-refractivity contribution < 1.29 is 9.59 Å². The lowest BCUT2D eigenvalue weighted by Crippen LogP contribution is -2.34. The summed E-state index contributed by atoms with van der Waals surface area (Å²) in [5.41, 5.74) is 5.10. The molecule has 0 spiro atoms. The Hall–Kier alpha value is -1.60. The van der Waals surface area contributed by atoms with Crippen LogP contribution in [0.2, 0.25) is 0 Å². The number of carbonyl (C=O) groups is 2. The van der Waals surface area contributed by atoms with Crippen molar-refractivity contribution in [2.24, 2.45) is 17.6 Å². The Balaban J connectivity index is 0.00000264. The minimum absolute atomic E-state index is 0. The number of aryl methyl sites for hydroxylation is 1. The predicted octanol–water partition coefficient (Wildman–Crippen LogP) is 1.14. The lowest BCUT2D eigenvalue weighted by molar-refractivity contribution is -0.118. The van der Waals surface area contributed by atoms with Gasteiger partial charge in [-0.05, 0) is 37.8 Å². The highest BCUT2D eigenvalue weighted by Crippen LogP contribution is 2.22. The predicted molar refractivity (Wildman–Crippen MR) is 91.3 cm³/mol. The van der Waals surface area contributed by atoms with E-state index in [0.717, 1.165) is 13.1 Å². The molecule has 1 aliphatic heterocycles. The van der Waals surface area contributed by atoms with Gasteiger partial charge in [0, 0.05) is 31.6 Å². The maximum absolute atomic E-state index is 12.1. The van der Waals surface area contributed by atoms with Gasteiger partial charge in [-0.25, -0.2) is 0 Å². The van der Waals surface area contributed by atoms with Gasteiger partial charge in [-0.2, -0.15) is 5.10 Å². The number of hydrogen-bond donors (Lipinski definition) is 3. The summed E-state index contributed by atoms with van der Waals surface area (Å²) < 4.78 is 1.61. The maximum Gasteiger partial charge on any atom is 0.225 e. The fourth-order valence-electron chi connectivity index (χ4n) is 2.80. The molecule has 1 fully saturated rings. The van der Waals surface area contributed by atoms with Gasteiger partial charge in [-0.3, -0.25) is 14.3 Å². The van der Waals surface area contributed by atoms with Crippen LogP contribution in [-0.2, 0) is 16.1 Å². The number of nitrogens with two attached hydrogens (primary N) is 1. The summed E-state index contributed by atoms with van der Waals surface area (Å²) in [5.74, 6) is 1.05. The van der Waals surface area contributed by atoms with Crippen molar-refractivity contribution in [3.63, 3.8) is 0 Å². The average Bonchev–Trinajstić information content (AvgIpc) is 2.93. The molecule has 1 aromatic heterocycles. The lowest BCUT2D eigenvalue weighted by atomic mass is 9.85. The Bertz CT molecular complexity index is 514. The van der Waals surface area contributed by atoms with Crippen LogP contribution in [0.25, 0.3) is 0 Å². The Morgan fingerprint density at radius 3 is 3.00 bits per heavy atom. The fraction of sp³-hybridized carbons (Fsp3) is 0.667. The largest absolute Gasteiger partial charge is 0.370 e. The molecular formula is C15H26ClN5O2. The van der Waals surface area contributed by atoms with E-state index in [1.54, 1.807) is 16.9 Å². The van der Waals surface area contributed by atoms with Crippen LogP contribution < -0.4 is 16.4 Å². The fourth-order valence-corrected chi connectivity index (χ4v) is 2.80. The van der Waals surface area contributed by atoms with Crippen LogP contribution in [0.3, 0.4) is 0 Å². The molecule has 0 saturated carbocycles. The molecule has 2 amide bonds. The summed E-state index contributed by atoms with van der Waals surface area (Å²) in [4.78, 5) is 22.8. The summed E-state index contributed by atoms with van der Waals surface area (Å²) in [6.45, 7) is 4.63. The second-order valence-corrected chi connectivity index (χ2v) is 6.02. The minimum Gasteiger partial charge on any atom is -0.370 e. The van der Waals surface area contributed by atoms with Gasteiger partial charge in [0.1, 0.15) is 0 Å². The molecule has 1 aromatic rings. The van der Waals surface area contributed by atoms with E-state index >= 15 is 0 Å². The zero-order valence-corrected chi connectivity index (χ0v) is 14.3. The van der Waals surface area contributed by atoms with Gasteiger partial charge in [0.25, 0.3) is 0 Å². The van der Waals surface area contributed by atoms with Gasteiger partial charge >= 0.3 is 0 Å². The number of aromatic nitrogens is 2. The summed E-state index contributed by atoms with van der Waals surface area (Å²) in [6, 6.07) is 1.73. The Kier molecular flexibility index (Phi) is 8.05. The van der Waals surface area contributed by atoms with Gasteiger partial charge in [0.2, 0.25) is 11.8 Å². The number of rotatable bonds is 7. The molecule has 130 valence electrons. The van der Waals surface area contributed by atoms with Crippen molar-refractivity contribution in [2.75, 3.05) is 18.4 Å². The SMILES string of the molecule is CC(CC(=O)Nc1ccn(CCC(N)=O)n1)C1CCCNC1.Cl. The molecule has 1 aliphatic rings. The first-order valence-electron chi connectivity index (χ1n) is 7.87. The van der Waals surface area contributed by atoms with Crippen LogP contribution in [0.5, 0.6) is 0 Å². The van der Waals surface area contributed by atoms with Crippen molar-refractivity contribution in [1.29, 1.82) is 0 Å². The average molecular weight is 344 g/mol. The van der Waals surface area contributed by atoms with Crippen LogP contribution in [0, 0.1) is 11.8 Å². The Morgan fingerprint density at radius 2 is 2.35 bits per heavy atom. The molecule has 2 rings (SSSR count). The zero-order chi connectivity index (χ0) is 15.9. The molecule has 4 N–H and O–H groups in total. The summed E-state index contributed by atoms with van der Waals surface area (Å²) in [5, 5.41) is 10.4. The van der Waals surface area contributed by atoms with E-state index in [2.05, 4.69) is 22.7 Å². The first kappa shape index (κ1) is 19.4. The van der Waals surface area contributed by atoms with E-state index in [-0.39, 0.29) is 30.6 Å². The van der Waals surface area contributed by atoms with Crippen LogP contribution >= 0.6 is 12.4 Å². The quantitative estimate of drug-likeness (QED) is 0.691. The third-order valence-corrected chi connectivity index (χ3v) is 4.14. The number of piperidine rings is 1. The first-order chi connectivity index (χ1) is 10.5. The number of amides is 2. The lowest BCUT2D eigenvalue weighted by Gasteiger charge is -2.27. The minimum atomic E-state index is -0.365. The van der Waals surface area contributed by atoms with Crippen molar-refractivity contribution in [3.05, 3.63) is 12.3 Å². The third kappa shape index (κ3) is 6.58. The van der Waals surface area contributed by atoms with Crippen molar-refractivity contribution >= 4 is 30.0 Å². The van der Waals surface area contributed by atoms with E-state index in [0.29, 0.717) is 30.6 Å². The van der Waals surface area contributed by atoms with Gasteiger partial charge < -0.3 is 16.4 Å². The number of nitrogens with zero attached hydrogens (tertiary/aromatic N) is 2. The van der Waals surface area contributed by atoms with Crippen LogP contribution in [0.4, 0.5) is 5.82 Å². The standard InChI is InChI=1S/C15H25N5O2.ClH/c1-11(12-3-2-6-17-10-12)9-15(22)18-14-5-8-20(19-14)7-4-13(16)21;/h5,8,11-12,17H,2-4,6-7,9-10H2,1H3,(H2,16,21)(H,18,19,22);1H. The maximum atomic E-state index is 12.1. The zero-order valence-electron chi connectivity index (χ0n) is 13.5. The monoisotopic (exact) mass is 343 g/mol. The summed E-state index contributed by atoms with van der Waals surface area (Å²) in [6.07, 6.45) is 4.83. The Morgan fingerprint density at radius 1 is 1.57 bits per heavy atom. The molecular weight excluding hydrogens is 318 g/mol. The molecule has 0 bridgehead atoms. The van der Waals surface area contributed by atoms with E-state index in [9.17, 15) is 9.59 Å². The topological polar surface area (TPSA) is 102 Å². The van der Waals surface area contributed by atoms with Crippen molar-refractivity contribution in [1.82, 2.24) is 15.1 Å². The number of hydrogen-bond acceptors (Lipinski definition) is 4. The highest BCUT2D eigenvalue weighted by atomic mass is 35.5. The number of nitrogens with one attached hydrogen (secondary N) is 2. The molecule has 0 radical (unpaired) electrons. The van der Waals surface area contributed by atoms with Gasteiger partial charge in [0.15, 0.2) is 5.82 Å². The highest BCUT2D eigenvalue weighted by Gasteiger charge is 2.22. The van der Waals surface area contributed by atoms with E-state index < -0.39 is 0 Å². The molecule has 7 nitrogen and oxygen atoms in total. The van der Waals surface area contributed by atoms with E-state index in [1.807, 2.05) is 0 Å². The molecule has 8 heteroatoms. The van der Waals surface area contributed by atoms with Crippen LogP contribution in [-0.4, -0.2) is 34.7 Å². The normalized spacial score (nSPS) is 18.7. The van der Waals surface area contributed by atoms with Gasteiger partial charge in [-0.1, -0.05) is 6.92 Å². The van der Waals surface area contributed by atoms with Gasteiger partial charge in [0.05, 0.1) is 0 Å². The molecule has 0 aromatic carbocycles. The smallest absolute Gasteiger partial charge is 0.225 e.